The maximum absolute atomic E-state index is 14.7. The van der Waals surface area contributed by atoms with Gasteiger partial charge in [-0.2, -0.15) is 0 Å². The Balaban J connectivity index is 1.54. The number of hydrogen-bond donors (Lipinski definition) is 3. The van der Waals surface area contributed by atoms with Crippen LogP contribution in [0, 0.1) is 23.6 Å². The lowest BCUT2D eigenvalue weighted by Gasteiger charge is -2.32. The number of anilines is 1. The molecule has 0 unspecified atom stereocenters. The Labute approximate surface area is 237 Å². The van der Waals surface area contributed by atoms with E-state index < -0.39 is 17.2 Å². The second kappa shape index (κ2) is 10.6. The molecule has 6 rings (SSSR count). The van der Waals surface area contributed by atoms with E-state index in [4.69, 9.17) is 14.5 Å². The topological polar surface area (TPSA) is 148 Å². The molecule has 2 aliphatic carbocycles. The number of aromatic amines is 1. The van der Waals surface area contributed by atoms with Crippen LogP contribution in [-0.2, 0) is 12.1 Å². The third kappa shape index (κ3) is 5.49. The summed E-state index contributed by atoms with van der Waals surface area (Å²) < 4.78 is 21.6. The molecule has 0 amide bonds. The number of imidazole rings is 1. The fourth-order valence-corrected chi connectivity index (χ4v) is 6.02. The van der Waals surface area contributed by atoms with E-state index in [1.807, 2.05) is 0 Å². The standard InChI is InChI=1S/C29H37FN8O3/c1-15-8-10-17(11-9-15)14-38-22-23(32-16(2)18-6-5-7-18)33-25(26-36-28(39)41-37-26)34-24(22)35-27(38)21-12-19(29(3,4)40)20(30)13-31-21/h12-13,15-18,40H,5-11,14H2,1-4H3,(H,32,33,34)(H,36,37,39)/t15?,16-,17?/m1/s1. The van der Waals surface area contributed by atoms with Crippen molar-refractivity contribution in [3.8, 4) is 23.2 Å². The first kappa shape index (κ1) is 27.5. The molecule has 11 nitrogen and oxygen atoms in total. The molecule has 1 atom stereocenters. The first-order valence-electron chi connectivity index (χ1n) is 14.6. The Kier molecular flexibility index (Phi) is 7.13. The van der Waals surface area contributed by atoms with Gasteiger partial charge in [0.2, 0.25) is 11.6 Å². The summed E-state index contributed by atoms with van der Waals surface area (Å²) in [5.41, 5.74) is 0.277. The van der Waals surface area contributed by atoms with Gasteiger partial charge >= 0.3 is 5.76 Å². The second-order valence-electron chi connectivity index (χ2n) is 12.4. The molecule has 41 heavy (non-hydrogen) atoms. The fraction of sp³-hybridized carbons (Fsp3) is 0.586. The lowest BCUT2D eigenvalue weighted by molar-refractivity contribution is 0.0744. The Morgan fingerprint density at radius 3 is 2.59 bits per heavy atom. The van der Waals surface area contributed by atoms with Gasteiger partial charge in [-0.15, -0.1) is 0 Å². The number of hydrogen-bond acceptors (Lipinski definition) is 9. The summed E-state index contributed by atoms with van der Waals surface area (Å²) >= 11 is 0. The van der Waals surface area contributed by atoms with Crippen molar-refractivity contribution >= 4 is 17.0 Å². The van der Waals surface area contributed by atoms with Crippen molar-refractivity contribution in [1.82, 2.24) is 34.6 Å². The van der Waals surface area contributed by atoms with Crippen molar-refractivity contribution in [1.29, 1.82) is 0 Å². The van der Waals surface area contributed by atoms with Gasteiger partial charge in [-0.1, -0.05) is 31.3 Å². The van der Waals surface area contributed by atoms with E-state index in [-0.39, 0.29) is 23.3 Å². The third-order valence-electron chi connectivity index (χ3n) is 8.80. The zero-order valence-corrected chi connectivity index (χ0v) is 23.9. The maximum atomic E-state index is 14.7. The summed E-state index contributed by atoms with van der Waals surface area (Å²) in [6.07, 6.45) is 9.14. The zero-order chi connectivity index (χ0) is 28.9. The van der Waals surface area contributed by atoms with Crippen molar-refractivity contribution in [3.63, 3.8) is 0 Å². The summed E-state index contributed by atoms with van der Waals surface area (Å²) in [4.78, 5) is 33.1. The van der Waals surface area contributed by atoms with Gasteiger partial charge in [0.25, 0.3) is 0 Å². The smallest absolute Gasteiger partial charge is 0.386 e. The molecule has 4 aromatic heterocycles. The highest BCUT2D eigenvalue weighted by Gasteiger charge is 2.30. The predicted octanol–water partition coefficient (Wildman–Crippen LogP) is 5.02. The number of halogens is 1. The molecule has 0 spiro atoms. The van der Waals surface area contributed by atoms with Crippen LogP contribution in [0.3, 0.4) is 0 Å². The summed E-state index contributed by atoms with van der Waals surface area (Å²) in [6.45, 7) is 8.20. The number of pyridine rings is 1. The van der Waals surface area contributed by atoms with E-state index in [0.29, 0.717) is 47.3 Å². The quantitative estimate of drug-likeness (QED) is 0.268. The average molecular weight is 565 g/mol. The second-order valence-corrected chi connectivity index (χ2v) is 12.4. The lowest BCUT2D eigenvalue weighted by atomic mass is 9.80. The minimum atomic E-state index is -1.41. The highest BCUT2D eigenvalue weighted by Crippen LogP contribution is 2.37. The van der Waals surface area contributed by atoms with Crippen LogP contribution >= 0.6 is 0 Å². The maximum Gasteiger partial charge on any atom is 0.439 e. The Hall–Kier alpha value is -3.67. The molecule has 0 saturated heterocycles. The first-order valence-corrected chi connectivity index (χ1v) is 14.6. The predicted molar refractivity (Wildman–Crippen MR) is 151 cm³/mol. The molecule has 0 aliphatic heterocycles. The van der Waals surface area contributed by atoms with Gasteiger partial charge < -0.3 is 15.0 Å². The van der Waals surface area contributed by atoms with E-state index in [1.54, 1.807) is 19.9 Å². The number of nitrogens with zero attached hydrogens (tertiary/aromatic N) is 6. The number of aliphatic hydroxyl groups is 1. The summed E-state index contributed by atoms with van der Waals surface area (Å²) in [5, 5.41) is 18.1. The fourth-order valence-electron chi connectivity index (χ4n) is 6.02. The van der Waals surface area contributed by atoms with E-state index >= 15 is 0 Å². The van der Waals surface area contributed by atoms with Crippen LogP contribution in [0.25, 0.3) is 34.3 Å². The van der Waals surface area contributed by atoms with Crippen LogP contribution in [0.5, 0.6) is 0 Å². The van der Waals surface area contributed by atoms with Crippen molar-refractivity contribution in [2.24, 2.45) is 17.8 Å². The van der Waals surface area contributed by atoms with Crippen molar-refractivity contribution in [3.05, 3.63) is 34.2 Å². The van der Waals surface area contributed by atoms with Crippen LogP contribution in [0.15, 0.2) is 21.6 Å². The van der Waals surface area contributed by atoms with Gasteiger partial charge in [-0.05, 0) is 70.3 Å². The summed E-state index contributed by atoms with van der Waals surface area (Å²) in [5.74, 6) is 1.75. The third-order valence-corrected chi connectivity index (χ3v) is 8.80. The average Bonchev–Trinajstić information content (AvgIpc) is 3.47. The van der Waals surface area contributed by atoms with E-state index in [1.165, 1.54) is 6.42 Å². The molecule has 4 heterocycles. The Morgan fingerprint density at radius 2 is 1.95 bits per heavy atom. The lowest BCUT2D eigenvalue weighted by Crippen LogP contribution is -2.31. The van der Waals surface area contributed by atoms with Crippen LogP contribution < -0.4 is 11.1 Å². The van der Waals surface area contributed by atoms with Crippen molar-refractivity contribution < 1.29 is 14.0 Å². The van der Waals surface area contributed by atoms with Gasteiger partial charge in [0, 0.05) is 18.2 Å². The molecule has 3 N–H and O–H groups in total. The molecular formula is C29H37FN8O3. The van der Waals surface area contributed by atoms with Gasteiger partial charge in [0.15, 0.2) is 17.3 Å². The molecule has 0 radical (unpaired) electrons. The van der Waals surface area contributed by atoms with Crippen molar-refractivity contribution in [2.75, 3.05) is 5.32 Å². The van der Waals surface area contributed by atoms with Crippen molar-refractivity contribution in [2.45, 2.75) is 90.8 Å². The van der Waals surface area contributed by atoms with E-state index in [2.05, 4.69) is 43.8 Å². The van der Waals surface area contributed by atoms with Crippen LogP contribution in [-0.4, -0.2) is 45.8 Å². The van der Waals surface area contributed by atoms with E-state index in [0.717, 1.165) is 50.2 Å². The van der Waals surface area contributed by atoms with Gasteiger partial charge in [0.05, 0.1) is 11.8 Å². The Bertz CT molecular complexity index is 1610. The molecule has 2 saturated carbocycles. The molecule has 2 fully saturated rings. The van der Waals surface area contributed by atoms with Crippen LogP contribution in [0.4, 0.5) is 10.2 Å². The highest BCUT2D eigenvalue weighted by atomic mass is 19.1. The minimum Gasteiger partial charge on any atom is -0.386 e. The number of rotatable bonds is 8. The van der Waals surface area contributed by atoms with Gasteiger partial charge in [-0.25, -0.2) is 29.1 Å². The van der Waals surface area contributed by atoms with Crippen LogP contribution in [0.2, 0.25) is 0 Å². The summed E-state index contributed by atoms with van der Waals surface area (Å²) in [7, 11) is 0. The van der Waals surface area contributed by atoms with E-state index in [9.17, 15) is 14.3 Å². The molecular weight excluding hydrogens is 527 g/mol. The Morgan fingerprint density at radius 1 is 1.20 bits per heavy atom. The van der Waals surface area contributed by atoms with Crippen LogP contribution in [0.1, 0.15) is 78.2 Å². The number of H-pyrrole nitrogens is 1. The molecule has 0 bridgehead atoms. The highest BCUT2D eigenvalue weighted by molar-refractivity contribution is 5.88. The van der Waals surface area contributed by atoms with Gasteiger partial charge in [0.1, 0.15) is 17.0 Å². The van der Waals surface area contributed by atoms with Gasteiger partial charge in [-0.3, -0.25) is 9.51 Å². The molecule has 4 aromatic rings. The monoisotopic (exact) mass is 564 g/mol. The first-order chi connectivity index (χ1) is 19.6. The summed E-state index contributed by atoms with van der Waals surface area (Å²) in [6, 6.07) is 1.71. The molecule has 12 heteroatoms. The number of fused-ring (bicyclic) bond motifs is 1. The largest absolute Gasteiger partial charge is 0.439 e. The number of aromatic nitrogens is 7. The minimum absolute atomic E-state index is 0.109. The molecule has 0 aromatic carbocycles. The molecule has 2 aliphatic rings. The SMILES string of the molecule is CC1CCC(Cn2c(-c3cc(C(C)(C)O)c(F)cn3)nc3nc(-c4noc(=O)[nH]4)nc(N[C@H](C)C4CCC4)c32)CC1. The molecule has 218 valence electrons. The number of nitrogens with one attached hydrogen (secondary N) is 2. The zero-order valence-electron chi connectivity index (χ0n) is 23.9. The normalized spacial score (nSPS) is 20.7.